The SMILES string of the molecule is Cl[Si]1(Cl)CC[Si](Cl)(Cl)[Si]1(Cl)Cl. The van der Waals surface area contributed by atoms with Crippen LogP contribution in [0.1, 0.15) is 0 Å². The summed E-state index contributed by atoms with van der Waals surface area (Å²) in [5.74, 6) is 0. The Morgan fingerprint density at radius 2 is 0.909 bits per heavy atom. The van der Waals surface area contributed by atoms with E-state index in [2.05, 4.69) is 0 Å². The van der Waals surface area contributed by atoms with Crippen molar-refractivity contribution >= 4 is 84.6 Å². The Labute approximate surface area is 95.9 Å². The van der Waals surface area contributed by atoms with E-state index < -0.39 is 18.2 Å². The summed E-state index contributed by atoms with van der Waals surface area (Å²) in [6, 6.07) is 1.29. The second kappa shape index (κ2) is 3.21. The molecule has 1 saturated heterocycles. The topological polar surface area (TPSA) is 0 Å². The van der Waals surface area contributed by atoms with Crippen molar-refractivity contribution in [1.82, 2.24) is 0 Å². The lowest BCUT2D eigenvalue weighted by atomic mass is 11.0. The van der Waals surface area contributed by atoms with Crippen molar-refractivity contribution in [2.75, 3.05) is 0 Å². The zero-order valence-electron chi connectivity index (χ0n) is 5.18. The van der Waals surface area contributed by atoms with Crippen molar-refractivity contribution in [2.45, 2.75) is 12.1 Å². The van der Waals surface area contributed by atoms with Crippen LogP contribution in [0.3, 0.4) is 0 Å². The van der Waals surface area contributed by atoms with Crippen LogP contribution in [0.5, 0.6) is 0 Å². The van der Waals surface area contributed by atoms with Crippen LogP contribution < -0.4 is 0 Å². The molecule has 0 amide bonds. The highest BCUT2D eigenvalue weighted by Gasteiger charge is 2.72. The Morgan fingerprint density at radius 3 is 1.00 bits per heavy atom. The van der Waals surface area contributed by atoms with E-state index in [4.69, 9.17) is 66.5 Å². The van der Waals surface area contributed by atoms with Crippen LogP contribution in [0.4, 0.5) is 0 Å². The molecule has 1 aliphatic rings. The third-order valence-corrected chi connectivity index (χ3v) is 57.2. The maximum Gasteiger partial charge on any atom is 0.296 e. The maximum atomic E-state index is 6.05. The predicted octanol–water partition coefficient (Wildman–Crippen LogP) is 3.92. The van der Waals surface area contributed by atoms with E-state index >= 15 is 0 Å². The van der Waals surface area contributed by atoms with E-state index in [-0.39, 0.29) is 0 Å². The first kappa shape index (κ1) is 11.5. The van der Waals surface area contributed by atoms with Crippen molar-refractivity contribution in [2.24, 2.45) is 0 Å². The van der Waals surface area contributed by atoms with Crippen molar-refractivity contribution in [3.05, 3.63) is 0 Å². The molecule has 0 unspecified atom stereocenters. The van der Waals surface area contributed by atoms with Crippen LogP contribution in [0.25, 0.3) is 0 Å². The molecule has 0 nitrogen and oxygen atoms in total. The molecule has 0 saturated carbocycles. The Balaban J connectivity index is 3.00. The molecule has 0 aliphatic carbocycles. The Bertz CT molecular complexity index is 159. The summed E-state index contributed by atoms with van der Waals surface area (Å²) in [6.45, 7) is 0. The highest BCUT2D eigenvalue weighted by molar-refractivity contribution is 8.16. The van der Waals surface area contributed by atoms with Crippen LogP contribution in [0, 0.1) is 0 Å². The highest BCUT2D eigenvalue weighted by Crippen LogP contribution is 2.55. The van der Waals surface area contributed by atoms with Crippen molar-refractivity contribution in [1.29, 1.82) is 0 Å². The van der Waals surface area contributed by atoms with E-state index in [0.717, 1.165) is 0 Å². The first-order chi connectivity index (χ1) is 4.71. The van der Waals surface area contributed by atoms with Gasteiger partial charge < -0.3 is 0 Å². The lowest BCUT2D eigenvalue weighted by Gasteiger charge is -2.25. The van der Waals surface area contributed by atoms with Gasteiger partial charge in [-0.2, -0.15) is 0 Å². The molecule has 11 heavy (non-hydrogen) atoms. The molecule has 0 N–H and O–H groups in total. The van der Waals surface area contributed by atoms with E-state index in [0.29, 0.717) is 12.1 Å². The third kappa shape index (κ3) is 1.78. The Morgan fingerprint density at radius 1 is 0.636 bits per heavy atom. The zero-order valence-corrected chi connectivity index (χ0v) is 12.7. The van der Waals surface area contributed by atoms with E-state index in [1.165, 1.54) is 0 Å². The lowest BCUT2D eigenvalue weighted by Crippen LogP contribution is -2.55. The molecule has 9 heteroatoms. The summed E-state index contributed by atoms with van der Waals surface area (Å²) in [4.78, 5) is 0. The van der Waals surface area contributed by atoms with Crippen LogP contribution in [-0.2, 0) is 0 Å². The average molecular weight is 325 g/mol. The molecule has 0 spiro atoms. The van der Waals surface area contributed by atoms with Crippen LogP contribution >= 0.6 is 66.5 Å². The van der Waals surface area contributed by atoms with E-state index in [1.807, 2.05) is 0 Å². The quantitative estimate of drug-likeness (QED) is 0.468. The Kier molecular flexibility index (Phi) is 3.34. The normalized spacial score (nSPS) is 32.2. The standard InChI is InChI=1S/C2H4Cl6Si3/c3-9(4)1-2-10(5,6)11(9,7)8/h1-2H2. The molecule has 0 bridgehead atoms. The fraction of sp³-hybridized carbons (Fsp3) is 1.00. The van der Waals surface area contributed by atoms with Gasteiger partial charge in [0.1, 0.15) is 0 Å². The second-order valence-electron chi connectivity index (χ2n) is 2.48. The molecule has 0 aromatic carbocycles. The van der Waals surface area contributed by atoms with Crippen LogP contribution in [0.15, 0.2) is 0 Å². The first-order valence-electron chi connectivity index (χ1n) is 2.84. The molecule has 0 aromatic heterocycles. The van der Waals surface area contributed by atoms with Gasteiger partial charge in [0.05, 0.1) is 0 Å². The predicted molar refractivity (Wildman–Crippen MR) is 62.0 cm³/mol. The maximum absolute atomic E-state index is 6.05. The summed E-state index contributed by atoms with van der Waals surface area (Å²) in [7, 11) is 0. The number of rotatable bonds is 0. The second-order valence-corrected chi connectivity index (χ2v) is 39.1. The minimum atomic E-state index is -2.71. The van der Waals surface area contributed by atoms with E-state index in [9.17, 15) is 0 Å². The lowest BCUT2D eigenvalue weighted by molar-refractivity contribution is 1.43. The van der Waals surface area contributed by atoms with Crippen LogP contribution in [-0.4, -0.2) is 18.2 Å². The minimum absolute atomic E-state index is 0.647. The van der Waals surface area contributed by atoms with Gasteiger partial charge in [0.15, 0.2) is 0 Å². The van der Waals surface area contributed by atoms with Gasteiger partial charge in [-0.15, -0.1) is 66.5 Å². The third-order valence-electron chi connectivity index (χ3n) is 1.67. The van der Waals surface area contributed by atoms with Gasteiger partial charge in [-0.1, -0.05) is 0 Å². The number of hydrogen-bond donors (Lipinski definition) is 0. The zero-order chi connectivity index (χ0) is 8.91. The average Bonchev–Trinajstić information content (AvgIpc) is 1.93. The summed E-state index contributed by atoms with van der Waals surface area (Å²) < 4.78 is 0. The van der Waals surface area contributed by atoms with Crippen molar-refractivity contribution in [3.63, 3.8) is 0 Å². The molecule has 0 radical (unpaired) electrons. The molecular weight excluding hydrogens is 321 g/mol. The summed E-state index contributed by atoms with van der Waals surface area (Å²) in [5.41, 5.74) is -2.71. The fourth-order valence-electron chi connectivity index (χ4n) is 0.896. The van der Waals surface area contributed by atoms with Crippen LogP contribution in [0.2, 0.25) is 12.1 Å². The molecule has 66 valence electrons. The van der Waals surface area contributed by atoms with Gasteiger partial charge in [0.2, 0.25) is 0 Å². The number of hydrogen-bond acceptors (Lipinski definition) is 0. The van der Waals surface area contributed by atoms with E-state index in [1.54, 1.807) is 0 Å². The van der Waals surface area contributed by atoms with Gasteiger partial charge in [-0.05, 0) is 12.1 Å². The summed E-state index contributed by atoms with van der Waals surface area (Å²) in [5, 5.41) is 0. The summed E-state index contributed by atoms with van der Waals surface area (Å²) in [6.07, 6.45) is -4.98. The molecule has 1 aliphatic heterocycles. The van der Waals surface area contributed by atoms with Gasteiger partial charge in [-0.3, -0.25) is 0 Å². The fourth-order valence-corrected chi connectivity index (χ4v) is 46.8. The molecule has 0 aromatic rings. The largest absolute Gasteiger partial charge is 0.296 e. The summed E-state index contributed by atoms with van der Waals surface area (Å²) >= 11 is 36.1. The Hall–Kier alpha value is 2.39. The smallest absolute Gasteiger partial charge is 0.147 e. The molecule has 0 atom stereocenters. The minimum Gasteiger partial charge on any atom is -0.147 e. The van der Waals surface area contributed by atoms with Gasteiger partial charge >= 0.3 is 0 Å². The highest BCUT2D eigenvalue weighted by atomic mass is 35.8. The van der Waals surface area contributed by atoms with Crippen molar-refractivity contribution in [3.8, 4) is 0 Å². The van der Waals surface area contributed by atoms with Gasteiger partial charge in [0.25, 0.3) is 18.2 Å². The molecule has 1 heterocycles. The monoisotopic (exact) mass is 322 g/mol. The van der Waals surface area contributed by atoms with Crippen molar-refractivity contribution < 1.29 is 0 Å². The molecular formula is C2H4Cl6Si3. The molecule has 1 fully saturated rings. The number of halogens is 6. The van der Waals surface area contributed by atoms with Gasteiger partial charge in [-0.25, -0.2) is 0 Å². The van der Waals surface area contributed by atoms with Gasteiger partial charge in [0, 0.05) is 0 Å². The molecule has 1 rings (SSSR count). The first-order valence-corrected chi connectivity index (χ1v) is 17.3.